The van der Waals surface area contributed by atoms with Crippen LogP contribution in [-0.4, -0.2) is 59.1 Å². The molecule has 1 aliphatic heterocycles. The normalized spacial score (nSPS) is 28.8. The van der Waals surface area contributed by atoms with E-state index in [1.165, 1.54) is 12.5 Å². The molecule has 1 N–H and O–H groups in total. The van der Waals surface area contributed by atoms with Crippen LogP contribution in [0.25, 0.3) is 0 Å². The number of furan rings is 1. The molecule has 1 aromatic heterocycles. The molecule has 19 heavy (non-hydrogen) atoms. The molecule has 2 atom stereocenters. The minimum absolute atomic E-state index is 0.0420. The molecule has 2 heterocycles. The van der Waals surface area contributed by atoms with Gasteiger partial charge in [0.2, 0.25) is 0 Å². The maximum atomic E-state index is 12.2. The summed E-state index contributed by atoms with van der Waals surface area (Å²) in [6.07, 6.45) is 5.94. The fourth-order valence-electron chi connectivity index (χ4n) is 3.17. The van der Waals surface area contributed by atoms with Gasteiger partial charge in [0, 0.05) is 32.2 Å². The first kappa shape index (κ1) is 12.7. The smallest absolute Gasteiger partial charge is 0.257 e. The lowest BCUT2D eigenvalue weighted by atomic mass is 10.1. The largest absolute Gasteiger partial charge is 0.472 e. The fraction of sp³-hybridized carbons (Fsp3) is 0.643. The van der Waals surface area contributed by atoms with Crippen LogP contribution in [0.15, 0.2) is 23.0 Å². The first-order chi connectivity index (χ1) is 9.25. The third-order valence-corrected chi connectivity index (χ3v) is 4.28. The van der Waals surface area contributed by atoms with E-state index in [1.807, 2.05) is 4.90 Å². The summed E-state index contributed by atoms with van der Waals surface area (Å²) >= 11 is 0. The minimum atomic E-state index is -0.184. The standard InChI is InChI=1S/C14H20N2O3/c17-13-3-1-2-12(13)15-5-7-16(8-6-15)14(18)11-4-9-19-10-11/h4,9-10,12-13,17H,1-3,5-8H2/t12-,13+/m0/s1. The molecule has 1 saturated carbocycles. The molecule has 0 unspecified atom stereocenters. The fourth-order valence-corrected chi connectivity index (χ4v) is 3.17. The maximum absolute atomic E-state index is 12.2. The molecule has 5 heteroatoms. The highest BCUT2D eigenvalue weighted by atomic mass is 16.3. The second-order valence-electron chi connectivity index (χ2n) is 5.41. The van der Waals surface area contributed by atoms with E-state index in [2.05, 4.69) is 4.90 Å². The van der Waals surface area contributed by atoms with Crippen molar-refractivity contribution in [2.24, 2.45) is 0 Å². The number of carbonyl (C=O) groups excluding carboxylic acids is 1. The molecule has 1 aliphatic carbocycles. The monoisotopic (exact) mass is 264 g/mol. The zero-order valence-corrected chi connectivity index (χ0v) is 11.0. The highest BCUT2D eigenvalue weighted by molar-refractivity contribution is 5.93. The van der Waals surface area contributed by atoms with Crippen LogP contribution < -0.4 is 0 Å². The quantitative estimate of drug-likeness (QED) is 0.864. The molecule has 0 aromatic carbocycles. The molecule has 1 amide bonds. The van der Waals surface area contributed by atoms with Gasteiger partial charge < -0.3 is 14.4 Å². The summed E-state index contributed by atoms with van der Waals surface area (Å²) in [6, 6.07) is 2.00. The Balaban J connectivity index is 1.56. The zero-order valence-electron chi connectivity index (χ0n) is 11.0. The van der Waals surface area contributed by atoms with Crippen LogP contribution in [0, 0.1) is 0 Å². The van der Waals surface area contributed by atoms with E-state index in [-0.39, 0.29) is 12.0 Å². The van der Waals surface area contributed by atoms with Crippen LogP contribution in [0.2, 0.25) is 0 Å². The molecule has 0 radical (unpaired) electrons. The van der Waals surface area contributed by atoms with Crippen LogP contribution in [0.1, 0.15) is 29.6 Å². The van der Waals surface area contributed by atoms with Crippen molar-refractivity contribution < 1.29 is 14.3 Å². The Labute approximate surface area is 112 Å². The zero-order chi connectivity index (χ0) is 13.2. The number of piperazine rings is 1. The molecule has 5 nitrogen and oxygen atoms in total. The molecule has 104 valence electrons. The number of carbonyl (C=O) groups is 1. The van der Waals surface area contributed by atoms with Gasteiger partial charge in [-0.2, -0.15) is 0 Å². The van der Waals surface area contributed by atoms with E-state index in [4.69, 9.17) is 4.42 Å². The van der Waals surface area contributed by atoms with Crippen molar-refractivity contribution in [1.29, 1.82) is 0 Å². The number of amides is 1. The second kappa shape index (κ2) is 5.35. The number of hydrogen-bond acceptors (Lipinski definition) is 4. The minimum Gasteiger partial charge on any atom is -0.472 e. The lowest BCUT2D eigenvalue weighted by molar-refractivity contribution is 0.0315. The van der Waals surface area contributed by atoms with E-state index in [0.29, 0.717) is 11.6 Å². The summed E-state index contributed by atoms with van der Waals surface area (Å²) in [6.45, 7) is 3.16. The highest BCUT2D eigenvalue weighted by Gasteiger charge is 2.33. The van der Waals surface area contributed by atoms with Crippen molar-refractivity contribution in [3.05, 3.63) is 24.2 Å². The van der Waals surface area contributed by atoms with Gasteiger partial charge in [0.25, 0.3) is 5.91 Å². The summed E-state index contributed by atoms with van der Waals surface area (Å²) in [5.74, 6) is 0.0420. The van der Waals surface area contributed by atoms with E-state index < -0.39 is 0 Å². The van der Waals surface area contributed by atoms with Gasteiger partial charge in [0.1, 0.15) is 6.26 Å². The van der Waals surface area contributed by atoms with Crippen LogP contribution in [0.5, 0.6) is 0 Å². The van der Waals surface area contributed by atoms with Gasteiger partial charge in [-0.1, -0.05) is 0 Å². The summed E-state index contributed by atoms with van der Waals surface area (Å²) in [5.41, 5.74) is 0.620. The molecule has 0 spiro atoms. The summed E-state index contributed by atoms with van der Waals surface area (Å²) in [7, 11) is 0. The van der Waals surface area contributed by atoms with Crippen LogP contribution >= 0.6 is 0 Å². The summed E-state index contributed by atoms with van der Waals surface area (Å²) in [4.78, 5) is 16.3. The lowest BCUT2D eigenvalue weighted by Crippen LogP contribution is -2.53. The van der Waals surface area contributed by atoms with Gasteiger partial charge >= 0.3 is 0 Å². The molecule has 3 rings (SSSR count). The second-order valence-corrected chi connectivity index (χ2v) is 5.41. The number of rotatable bonds is 2. The van der Waals surface area contributed by atoms with Crippen molar-refractivity contribution in [3.63, 3.8) is 0 Å². The van der Waals surface area contributed by atoms with Crippen molar-refractivity contribution in [2.45, 2.75) is 31.4 Å². The highest BCUT2D eigenvalue weighted by Crippen LogP contribution is 2.25. The topological polar surface area (TPSA) is 56.9 Å². The number of aliphatic hydroxyl groups is 1. The third-order valence-electron chi connectivity index (χ3n) is 4.28. The Hall–Kier alpha value is -1.33. The average Bonchev–Trinajstić information content (AvgIpc) is 3.09. The maximum Gasteiger partial charge on any atom is 0.257 e. The first-order valence-electron chi connectivity index (χ1n) is 6.99. The number of nitrogens with zero attached hydrogens (tertiary/aromatic N) is 2. The Morgan fingerprint density at radius 1 is 1.26 bits per heavy atom. The molecule has 1 saturated heterocycles. The van der Waals surface area contributed by atoms with Crippen molar-refractivity contribution >= 4 is 5.91 Å². The Bertz CT molecular complexity index is 424. The van der Waals surface area contributed by atoms with Gasteiger partial charge in [-0.15, -0.1) is 0 Å². The van der Waals surface area contributed by atoms with E-state index in [1.54, 1.807) is 6.07 Å². The Kier molecular flexibility index (Phi) is 3.57. The third kappa shape index (κ3) is 2.53. The van der Waals surface area contributed by atoms with E-state index >= 15 is 0 Å². The van der Waals surface area contributed by atoms with Gasteiger partial charge in [-0.3, -0.25) is 9.69 Å². The average molecular weight is 264 g/mol. The van der Waals surface area contributed by atoms with Gasteiger partial charge in [0.05, 0.1) is 17.9 Å². The molecular formula is C14H20N2O3. The van der Waals surface area contributed by atoms with E-state index in [0.717, 1.165) is 45.4 Å². The first-order valence-corrected chi connectivity index (χ1v) is 6.99. The molecule has 0 bridgehead atoms. The van der Waals surface area contributed by atoms with Gasteiger partial charge in [-0.25, -0.2) is 0 Å². The molecular weight excluding hydrogens is 244 g/mol. The number of aliphatic hydroxyl groups excluding tert-OH is 1. The van der Waals surface area contributed by atoms with Crippen molar-refractivity contribution in [2.75, 3.05) is 26.2 Å². The Morgan fingerprint density at radius 3 is 2.63 bits per heavy atom. The van der Waals surface area contributed by atoms with Crippen molar-refractivity contribution in [1.82, 2.24) is 9.80 Å². The van der Waals surface area contributed by atoms with E-state index in [9.17, 15) is 9.90 Å². The van der Waals surface area contributed by atoms with Gasteiger partial charge in [0.15, 0.2) is 0 Å². The Morgan fingerprint density at radius 2 is 2.05 bits per heavy atom. The van der Waals surface area contributed by atoms with Gasteiger partial charge in [-0.05, 0) is 25.3 Å². The van der Waals surface area contributed by atoms with Crippen LogP contribution in [-0.2, 0) is 0 Å². The molecule has 1 aromatic rings. The predicted molar refractivity (Wildman–Crippen MR) is 69.8 cm³/mol. The molecule has 2 fully saturated rings. The summed E-state index contributed by atoms with van der Waals surface area (Å²) < 4.78 is 4.95. The lowest BCUT2D eigenvalue weighted by Gasteiger charge is -2.39. The SMILES string of the molecule is O=C(c1ccoc1)N1CCN([C@H]2CCC[C@H]2O)CC1. The van der Waals surface area contributed by atoms with Crippen LogP contribution in [0.4, 0.5) is 0 Å². The van der Waals surface area contributed by atoms with Crippen molar-refractivity contribution in [3.8, 4) is 0 Å². The number of hydrogen-bond donors (Lipinski definition) is 1. The van der Waals surface area contributed by atoms with Crippen LogP contribution in [0.3, 0.4) is 0 Å². The summed E-state index contributed by atoms with van der Waals surface area (Å²) in [5, 5.41) is 9.93. The predicted octanol–water partition coefficient (Wildman–Crippen LogP) is 0.951. The molecule has 2 aliphatic rings.